The molecule has 0 atom stereocenters. The average molecular weight is 273 g/mol. The van der Waals surface area contributed by atoms with Gasteiger partial charge in [-0.1, -0.05) is 11.2 Å². The second kappa shape index (κ2) is 4.47. The number of nitrogens with zero attached hydrogens (tertiary/aromatic N) is 2. The number of carbonyl (C=O) groups is 1. The summed E-state index contributed by atoms with van der Waals surface area (Å²) in [4.78, 5) is 12.2. The Kier molecular flexibility index (Phi) is 2.79. The molecule has 2 aromatic heterocycles. The van der Waals surface area contributed by atoms with Gasteiger partial charge < -0.3 is 4.42 Å². The molecule has 6 heteroatoms. The van der Waals surface area contributed by atoms with Gasteiger partial charge in [0.15, 0.2) is 0 Å². The third-order valence-electron chi connectivity index (χ3n) is 2.86. The monoisotopic (exact) mass is 273 g/mol. The van der Waals surface area contributed by atoms with E-state index < -0.39 is 0 Å². The van der Waals surface area contributed by atoms with E-state index in [-0.39, 0.29) is 11.9 Å². The van der Waals surface area contributed by atoms with E-state index in [1.54, 1.807) is 18.3 Å². The molecule has 2 heterocycles. The standard InChI is InChI=1S/C13H11N3O2S/c1-7-10(4-3-9-5-6-19-11(7)9)12(17)14-13-16-15-8(2)18-13/h3-6H,1-2H3,(H,14,16,17). The van der Waals surface area contributed by atoms with Gasteiger partial charge in [0.2, 0.25) is 5.89 Å². The van der Waals surface area contributed by atoms with E-state index in [2.05, 4.69) is 15.5 Å². The molecule has 0 fully saturated rings. The van der Waals surface area contributed by atoms with Gasteiger partial charge in [0.1, 0.15) is 0 Å². The van der Waals surface area contributed by atoms with Crippen LogP contribution in [0.15, 0.2) is 28.0 Å². The molecule has 0 radical (unpaired) electrons. The number of amides is 1. The molecule has 0 saturated heterocycles. The first-order chi connectivity index (χ1) is 9.15. The number of hydrogen-bond acceptors (Lipinski definition) is 5. The zero-order valence-corrected chi connectivity index (χ0v) is 11.2. The number of thiophene rings is 1. The summed E-state index contributed by atoms with van der Waals surface area (Å²) in [5.74, 6) is 0.178. The van der Waals surface area contributed by atoms with Gasteiger partial charge in [-0.05, 0) is 35.4 Å². The van der Waals surface area contributed by atoms with Crippen molar-refractivity contribution < 1.29 is 9.21 Å². The predicted octanol–water partition coefficient (Wildman–Crippen LogP) is 3.15. The van der Waals surface area contributed by atoms with Gasteiger partial charge in [0.05, 0.1) is 0 Å². The highest BCUT2D eigenvalue weighted by atomic mass is 32.1. The number of fused-ring (bicyclic) bond motifs is 1. The zero-order chi connectivity index (χ0) is 13.4. The molecular formula is C13H11N3O2S. The molecule has 0 aliphatic rings. The average Bonchev–Trinajstić information content (AvgIpc) is 2.99. The van der Waals surface area contributed by atoms with Crippen LogP contribution < -0.4 is 5.32 Å². The fourth-order valence-corrected chi connectivity index (χ4v) is 2.84. The Morgan fingerprint density at radius 3 is 2.84 bits per heavy atom. The van der Waals surface area contributed by atoms with E-state index in [1.165, 1.54) is 0 Å². The van der Waals surface area contributed by atoms with Gasteiger partial charge in [-0.15, -0.1) is 16.4 Å². The van der Waals surface area contributed by atoms with E-state index in [9.17, 15) is 4.79 Å². The lowest BCUT2D eigenvalue weighted by molar-refractivity contribution is 0.102. The van der Waals surface area contributed by atoms with Gasteiger partial charge >= 0.3 is 6.01 Å². The molecule has 0 aliphatic heterocycles. The summed E-state index contributed by atoms with van der Waals surface area (Å²) >= 11 is 1.62. The summed E-state index contributed by atoms with van der Waals surface area (Å²) in [6.07, 6.45) is 0. The second-order valence-electron chi connectivity index (χ2n) is 4.16. The number of anilines is 1. The number of carbonyl (C=O) groups excluding carboxylic acids is 1. The first-order valence-electron chi connectivity index (χ1n) is 5.73. The van der Waals surface area contributed by atoms with E-state index >= 15 is 0 Å². The van der Waals surface area contributed by atoms with Crippen LogP contribution in [0, 0.1) is 13.8 Å². The maximum absolute atomic E-state index is 12.2. The summed E-state index contributed by atoms with van der Waals surface area (Å²) in [5.41, 5.74) is 1.58. The van der Waals surface area contributed by atoms with Crippen LogP contribution in [0.3, 0.4) is 0 Å². The van der Waals surface area contributed by atoms with Crippen molar-refractivity contribution >= 4 is 33.3 Å². The van der Waals surface area contributed by atoms with Crippen molar-refractivity contribution in [2.75, 3.05) is 5.32 Å². The molecular weight excluding hydrogens is 262 g/mol. The van der Waals surface area contributed by atoms with Crippen LogP contribution in [0.25, 0.3) is 10.1 Å². The van der Waals surface area contributed by atoms with Gasteiger partial charge in [-0.25, -0.2) is 0 Å². The lowest BCUT2D eigenvalue weighted by atomic mass is 10.1. The third-order valence-corrected chi connectivity index (χ3v) is 3.91. The first-order valence-corrected chi connectivity index (χ1v) is 6.61. The van der Waals surface area contributed by atoms with Crippen LogP contribution >= 0.6 is 11.3 Å². The molecule has 1 amide bonds. The van der Waals surface area contributed by atoms with Crippen molar-refractivity contribution in [2.24, 2.45) is 0 Å². The van der Waals surface area contributed by atoms with E-state index in [0.29, 0.717) is 11.5 Å². The Balaban J connectivity index is 1.95. The van der Waals surface area contributed by atoms with Crippen LogP contribution in [0.2, 0.25) is 0 Å². The Bertz CT molecular complexity index is 760. The number of rotatable bonds is 2. The van der Waals surface area contributed by atoms with Gasteiger partial charge in [0.25, 0.3) is 5.91 Å². The minimum absolute atomic E-state index is 0.119. The number of aromatic nitrogens is 2. The fourth-order valence-electron chi connectivity index (χ4n) is 1.93. The molecule has 3 aromatic rings. The normalized spacial score (nSPS) is 10.8. The zero-order valence-electron chi connectivity index (χ0n) is 10.4. The van der Waals surface area contributed by atoms with Crippen molar-refractivity contribution in [1.29, 1.82) is 0 Å². The smallest absolute Gasteiger partial charge is 0.322 e. The maximum Gasteiger partial charge on any atom is 0.322 e. The molecule has 96 valence electrons. The summed E-state index contributed by atoms with van der Waals surface area (Å²) < 4.78 is 6.26. The summed E-state index contributed by atoms with van der Waals surface area (Å²) in [5, 5.41) is 13.2. The molecule has 0 bridgehead atoms. The van der Waals surface area contributed by atoms with Crippen molar-refractivity contribution in [3.05, 3.63) is 40.6 Å². The Labute approximate surface area is 113 Å². The fraction of sp³-hybridized carbons (Fsp3) is 0.154. The van der Waals surface area contributed by atoms with Crippen LogP contribution in [-0.2, 0) is 0 Å². The second-order valence-corrected chi connectivity index (χ2v) is 5.07. The minimum Gasteiger partial charge on any atom is -0.408 e. The third kappa shape index (κ3) is 2.10. The highest BCUT2D eigenvalue weighted by Crippen LogP contribution is 2.27. The lowest BCUT2D eigenvalue weighted by Gasteiger charge is -2.05. The Morgan fingerprint density at radius 2 is 2.11 bits per heavy atom. The topological polar surface area (TPSA) is 68.0 Å². The highest BCUT2D eigenvalue weighted by molar-refractivity contribution is 7.17. The van der Waals surface area contributed by atoms with Crippen LogP contribution in [-0.4, -0.2) is 16.1 Å². The first kappa shape index (κ1) is 11.9. The van der Waals surface area contributed by atoms with Gasteiger partial charge in [0, 0.05) is 17.2 Å². The number of aryl methyl sites for hydroxylation is 2. The van der Waals surface area contributed by atoms with Crippen LogP contribution in [0.5, 0.6) is 0 Å². The SMILES string of the molecule is Cc1nnc(NC(=O)c2ccc3ccsc3c2C)o1. The van der Waals surface area contributed by atoms with Crippen molar-refractivity contribution in [3.8, 4) is 0 Å². The van der Waals surface area contributed by atoms with Crippen LogP contribution in [0.4, 0.5) is 6.01 Å². The number of benzene rings is 1. The van der Waals surface area contributed by atoms with Gasteiger partial charge in [-0.2, -0.15) is 0 Å². The number of nitrogens with one attached hydrogen (secondary N) is 1. The molecule has 0 saturated carbocycles. The summed E-state index contributed by atoms with van der Waals surface area (Å²) in [7, 11) is 0. The molecule has 3 rings (SSSR count). The van der Waals surface area contributed by atoms with Crippen molar-refractivity contribution in [2.45, 2.75) is 13.8 Å². The van der Waals surface area contributed by atoms with Gasteiger partial charge in [-0.3, -0.25) is 10.1 Å². The van der Waals surface area contributed by atoms with Crippen LogP contribution in [0.1, 0.15) is 21.8 Å². The predicted molar refractivity (Wildman–Crippen MR) is 73.6 cm³/mol. The lowest BCUT2D eigenvalue weighted by Crippen LogP contribution is -2.13. The quantitative estimate of drug-likeness (QED) is 0.778. The molecule has 0 unspecified atom stereocenters. The Morgan fingerprint density at radius 1 is 1.26 bits per heavy atom. The van der Waals surface area contributed by atoms with Crippen molar-refractivity contribution in [1.82, 2.24) is 10.2 Å². The largest absolute Gasteiger partial charge is 0.408 e. The number of hydrogen-bond donors (Lipinski definition) is 1. The molecule has 1 N–H and O–H groups in total. The molecule has 5 nitrogen and oxygen atoms in total. The van der Waals surface area contributed by atoms with E-state index in [4.69, 9.17) is 4.42 Å². The summed E-state index contributed by atoms with van der Waals surface area (Å²) in [6, 6.07) is 5.90. The molecule has 19 heavy (non-hydrogen) atoms. The molecule has 0 aliphatic carbocycles. The molecule has 1 aromatic carbocycles. The Hall–Kier alpha value is -2.21. The molecule has 0 spiro atoms. The summed E-state index contributed by atoms with van der Waals surface area (Å²) in [6.45, 7) is 3.61. The van der Waals surface area contributed by atoms with E-state index in [1.807, 2.05) is 30.5 Å². The minimum atomic E-state index is -0.239. The van der Waals surface area contributed by atoms with Crippen molar-refractivity contribution in [3.63, 3.8) is 0 Å². The van der Waals surface area contributed by atoms with E-state index in [0.717, 1.165) is 15.6 Å². The highest BCUT2D eigenvalue weighted by Gasteiger charge is 2.14. The maximum atomic E-state index is 12.2.